The highest BCUT2D eigenvalue weighted by Crippen LogP contribution is 2.22. The molecule has 58 heavy (non-hydrogen) atoms. The number of nitrogens with zero attached hydrogens (tertiary/aromatic N) is 2. The van der Waals surface area contributed by atoms with Crippen LogP contribution in [0.15, 0.2) is 0 Å². The van der Waals surface area contributed by atoms with E-state index in [0.717, 1.165) is 9.80 Å². The van der Waals surface area contributed by atoms with E-state index in [4.69, 9.17) is 21.7 Å². The number of nitrogens with one attached hydrogen (secondary N) is 5. The number of rotatable bonds is 23. The van der Waals surface area contributed by atoms with E-state index >= 15 is 0 Å². The van der Waals surface area contributed by atoms with Gasteiger partial charge in [0.25, 0.3) is 0 Å². The van der Waals surface area contributed by atoms with Crippen molar-refractivity contribution in [3.63, 3.8) is 0 Å². The first kappa shape index (κ1) is 49.1. The molecule has 0 radical (unpaired) electrons. The second-order valence-electron chi connectivity index (χ2n) is 14.6. The summed E-state index contributed by atoms with van der Waals surface area (Å²) in [7, 11) is 0. The molecule has 2 aliphatic heterocycles. The maximum atomic E-state index is 13.9. The normalized spacial score (nSPS) is 19.5. The Hall–Kier alpha value is -5.03. The topological polar surface area (TPSA) is 350 Å². The van der Waals surface area contributed by atoms with Gasteiger partial charge in [-0.05, 0) is 63.4 Å². The number of carboxylic acid groups (broad SMARTS) is 2. The SMILES string of the molecule is CSCC[C@H](NC(=O)[C@@H](N)CCC(=O)O)C(=O)N[C@H](C(=O)N1CCC[C@H]1C(=O)N[C@H](C(=O)N[C@@H](CC(N)=O)C(=O)N1CCC[C@H]1C(=O)NCC(=O)O)C(C)C)[C@@H](C)O. The van der Waals surface area contributed by atoms with Gasteiger partial charge in [-0.15, -0.1) is 0 Å². The Morgan fingerprint density at radius 2 is 1.29 bits per heavy atom. The summed E-state index contributed by atoms with van der Waals surface area (Å²) in [5.41, 5.74) is 11.2. The molecular formula is C35H57N9O13S. The summed E-state index contributed by atoms with van der Waals surface area (Å²) in [6.07, 6.45) is 0.258. The number of amides is 8. The van der Waals surface area contributed by atoms with Gasteiger partial charge < -0.3 is 63.2 Å². The number of aliphatic hydroxyl groups excluding tert-OH is 1. The molecule has 0 aliphatic carbocycles. The second-order valence-corrected chi connectivity index (χ2v) is 15.5. The van der Waals surface area contributed by atoms with E-state index in [1.807, 2.05) is 0 Å². The summed E-state index contributed by atoms with van der Waals surface area (Å²) < 4.78 is 0. The number of carbonyl (C=O) groups is 10. The number of hydrogen-bond acceptors (Lipinski definition) is 13. The summed E-state index contributed by atoms with van der Waals surface area (Å²) in [4.78, 5) is 130. The van der Waals surface area contributed by atoms with E-state index in [1.165, 1.54) is 18.7 Å². The summed E-state index contributed by atoms with van der Waals surface area (Å²) in [6.45, 7) is 3.89. The van der Waals surface area contributed by atoms with Crippen LogP contribution in [0.2, 0.25) is 0 Å². The molecule has 2 rings (SSSR count). The van der Waals surface area contributed by atoms with Crippen LogP contribution in [-0.4, -0.2) is 164 Å². The lowest BCUT2D eigenvalue weighted by Crippen LogP contribution is -2.62. The largest absolute Gasteiger partial charge is 0.481 e. The molecule has 0 bridgehead atoms. The molecule has 0 aromatic carbocycles. The molecule has 22 nitrogen and oxygen atoms in total. The Morgan fingerprint density at radius 3 is 1.81 bits per heavy atom. The molecule has 2 heterocycles. The zero-order valence-corrected chi connectivity index (χ0v) is 33.9. The molecule has 2 aliphatic rings. The number of hydrogen-bond donors (Lipinski definition) is 10. The number of likely N-dealkylation sites (tertiary alicyclic amines) is 2. The first-order chi connectivity index (χ1) is 27.2. The van der Waals surface area contributed by atoms with Crippen LogP contribution in [0.4, 0.5) is 0 Å². The van der Waals surface area contributed by atoms with Crippen molar-refractivity contribution in [2.24, 2.45) is 17.4 Å². The molecule has 12 N–H and O–H groups in total. The van der Waals surface area contributed by atoms with E-state index in [0.29, 0.717) is 18.6 Å². The van der Waals surface area contributed by atoms with Crippen LogP contribution in [0.25, 0.3) is 0 Å². The van der Waals surface area contributed by atoms with E-state index in [2.05, 4.69) is 26.6 Å². The standard InChI is InChI=1S/C35H57N9O13S/c1-17(2)27(33(55)40-21(15-24(37)46)34(56)43-12-5-7-22(43)31(53)38-16-26(49)50)41-32(54)23-8-6-13-44(23)35(57)28(18(3)45)42-30(52)20(11-14-58-4)39-29(51)19(36)9-10-25(47)48/h17-23,27-28,45H,5-16,36H2,1-4H3,(H2,37,46)(H,38,53)(H,39,51)(H,40,55)(H,41,54)(H,42,52)(H,47,48)(H,49,50)/t18-,19+,20+,21+,22+,23+,27+,28+/m1/s1. The molecule has 2 fully saturated rings. The number of carboxylic acids is 2. The second kappa shape index (κ2) is 23.4. The average Bonchev–Trinajstić information content (AvgIpc) is 3.85. The molecule has 0 aromatic heterocycles. The molecule has 0 unspecified atom stereocenters. The minimum Gasteiger partial charge on any atom is -0.481 e. The smallest absolute Gasteiger partial charge is 0.322 e. The fraction of sp³-hybridized carbons (Fsp3) is 0.714. The highest BCUT2D eigenvalue weighted by molar-refractivity contribution is 7.98. The van der Waals surface area contributed by atoms with Crippen LogP contribution in [-0.2, 0) is 47.9 Å². The number of carbonyl (C=O) groups excluding carboxylic acids is 8. The molecule has 8 atom stereocenters. The number of aliphatic carboxylic acids is 2. The molecule has 0 saturated carbocycles. The van der Waals surface area contributed by atoms with Gasteiger partial charge in [-0.25, -0.2) is 0 Å². The van der Waals surface area contributed by atoms with Gasteiger partial charge in [-0.3, -0.25) is 47.9 Å². The summed E-state index contributed by atoms with van der Waals surface area (Å²) >= 11 is 1.37. The van der Waals surface area contributed by atoms with Gasteiger partial charge in [0, 0.05) is 19.5 Å². The van der Waals surface area contributed by atoms with Crippen molar-refractivity contribution in [1.82, 2.24) is 36.4 Å². The molecule has 326 valence electrons. The van der Waals surface area contributed by atoms with Crippen LogP contribution in [0.1, 0.15) is 72.1 Å². The van der Waals surface area contributed by atoms with Crippen LogP contribution in [0.3, 0.4) is 0 Å². The summed E-state index contributed by atoms with van der Waals surface area (Å²) in [5.74, 6) is -9.22. The highest BCUT2D eigenvalue weighted by atomic mass is 32.2. The Kier molecular flexibility index (Phi) is 19.8. The summed E-state index contributed by atoms with van der Waals surface area (Å²) in [5, 5.41) is 40.7. The molecular weight excluding hydrogens is 787 g/mol. The molecule has 8 amide bonds. The minimum atomic E-state index is -1.57. The Labute approximate surface area is 339 Å². The van der Waals surface area contributed by atoms with Gasteiger partial charge in [0.05, 0.1) is 18.6 Å². The average molecular weight is 844 g/mol. The van der Waals surface area contributed by atoms with Crippen LogP contribution >= 0.6 is 11.8 Å². The van der Waals surface area contributed by atoms with Crippen molar-refractivity contribution in [2.45, 2.75) is 121 Å². The van der Waals surface area contributed by atoms with Crippen molar-refractivity contribution in [1.29, 1.82) is 0 Å². The predicted octanol–water partition coefficient (Wildman–Crippen LogP) is -4.03. The zero-order chi connectivity index (χ0) is 43.9. The Balaban J connectivity index is 2.22. The number of aliphatic hydroxyl groups is 1. The summed E-state index contributed by atoms with van der Waals surface area (Å²) in [6, 6.07) is -9.07. The Bertz CT molecular complexity index is 1550. The highest BCUT2D eigenvalue weighted by Gasteiger charge is 2.43. The number of primary amides is 1. The van der Waals surface area contributed by atoms with Crippen molar-refractivity contribution < 1.29 is 63.3 Å². The minimum absolute atomic E-state index is 0.0475. The van der Waals surface area contributed by atoms with Gasteiger partial charge >= 0.3 is 11.9 Å². The van der Waals surface area contributed by atoms with Crippen LogP contribution in [0.5, 0.6) is 0 Å². The Morgan fingerprint density at radius 1 is 0.724 bits per heavy atom. The van der Waals surface area contributed by atoms with E-state index in [9.17, 15) is 53.1 Å². The van der Waals surface area contributed by atoms with Crippen LogP contribution < -0.4 is 38.1 Å². The van der Waals surface area contributed by atoms with Gasteiger partial charge in [-0.2, -0.15) is 11.8 Å². The predicted molar refractivity (Wildman–Crippen MR) is 206 cm³/mol. The van der Waals surface area contributed by atoms with Gasteiger partial charge in [0.15, 0.2) is 0 Å². The maximum Gasteiger partial charge on any atom is 0.322 e. The third-order valence-electron chi connectivity index (χ3n) is 9.65. The lowest BCUT2D eigenvalue weighted by molar-refractivity contribution is -0.145. The fourth-order valence-electron chi connectivity index (χ4n) is 6.55. The third-order valence-corrected chi connectivity index (χ3v) is 10.3. The first-order valence-corrected chi connectivity index (χ1v) is 20.3. The van der Waals surface area contributed by atoms with E-state index < -0.39 is 126 Å². The van der Waals surface area contributed by atoms with Crippen molar-refractivity contribution in [3.05, 3.63) is 0 Å². The van der Waals surface area contributed by atoms with Gasteiger partial charge in [-0.1, -0.05) is 13.8 Å². The zero-order valence-electron chi connectivity index (χ0n) is 33.1. The van der Waals surface area contributed by atoms with E-state index in [1.54, 1.807) is 20.1 Å². The van der Waals surface area contributed by atoms with E-state index in [-0.39, 0.29) is 45.2 Å². The lowest BCUT2D eigenvalue weighted by atomic mass is 10.0. The number of thioether (sulfide) groups is 1. The number of nitrogens with two attached hydrogens (primary N) is 2. The van der Waals surface area contributed by atoms with Gasteiger partial charge in [0.1, 0.15) is 42.8 Å². The van der Waals surface area contributed by atoms with Gasteiger partial charge in [0.2, 0.25) is 47.3 Å². The third kappa shape index (κ3) is 14.7. The maximum absolute atomic E-state index is 13.9. The monoisotopic (exact) mass is 843 g/mol. The van der Waals surface area contributed by atoms with Crippen molar-refractivity contribution in [3.8, 4) is 0 Å². The first-order valence-electron chi connectivity index (χ1n) is 18.9. The van der Waals surface area contributed by atoms with Crippen molar-refractivity contribution >= 4 is 71.0 Å². The van der Waals surface area contributed by atoms with Crippen molar-refractivity contribution in [2.75, 3.05) is 31.6 Å². The molecule has 23 heteroatoms. The quantitative estimate of drug-likeness (QED) is 0.0468. The lowest BCUT2D eigenvalue weighted by Gasteiger charge is -2.33. The van der Waals surface area contributed by atoms with Crippen LogP contribution in [0, 0.1) is 5.92 Å². The molecule has 0 spiro atoms. The molecule has 2 saturated heterocycles. The molecule has 0 aromatic rings. The fourth-order valence-corrected chi connectivity index (χ4v) is 7.02.